The summed E-state index contributed by atoms with van der Waals surface area (Å²) in [7, 11) is 0. The topological polar surface area (TPSA) is 266 Å². The van der Waals surface area contributed by atoms with Crippen LogP contribution in [0.4, 0.5) is 0 Å². The van der Waals surface area contributed by atoms with E-state index < -0.39 is 83.3 Å². The molecule has 60 heavy (non-hydrogen) atoms. The average molecular weight is 825 g/mol. The van der Waals surface area contributed by atoms with Crippen molar-refractivity contribution in [2.45, 2.75) is 109 Å². The van der Waals surface area contributed by atoms with E-state index in [4.69, 9.17) is 11.5 Å². The first kappa shape index (κ1) is 46.4. The Balaban J connectivity index is 1.55. The summed E-state index contributed by atoms with van der Waals surface area (Å²) >= 11 is 0. The van der Waals surface area contributed by atoms with Crippen molar-refractivity contribution in [1.29, 1.82) is 0 Å². The van der Waals surface area contributed by atoms with E-state index in [1.54, 1.807) is 31.2 Å². The molecular weight excluding hydrogens is 769 g/mol. The molecule has 0 aliphatic heterocycles. The number of nitrogens with one attached hydrogen (secondary N) is 4. The number of amides is 6. The minimum atomic E-state index is -1.48. The first-order valence-corrected chi connectivity index (χ1v) is 20.3. The molecule has 0 aliphatic carbocycles. The number of fused-ring (bicyclic) bond motifs is 2. The summed E-state index contributed by atoms with van der Waals surface area (Å²) in [5.41, 5.74) is 12.5. The molecule has 3 aromatic carbocycles. The number of rotatable bonds is 23. The lowest BCUT2D eigenvalue weighted by Crippen LogP contribution is -2.59. The Hall–Kier alpha value is -6.29. The van der Waals surface area contributed by atoms with Gasteiger partial charge < -0.3 is 37.8 Å². The smallest absolute Gasteiger partial charge is 0.272 e. The van der Waals surface area contributed by atoms with Crippen LogP contribution in [0.3, 0.4) is 0 Å². The molecule has 4 aromatic rings. The number of nitrogens with zero attached hydrogens (tertiary/aromatic N) is 2. The summed E-state index contributed by atoms with van der Waals surface area (Å²) in [6.07, 6.45) is 1.22. The van der Waals surface area contributed by atoms with Gasteiger partial charge in [-0.15, -0.1) is 0 Å². The number of Topliss-reactive ketones (excluding diaryl/α,β-unsaturated/α-hetero) is 1. The number of hydrogen-bond acceptors (Lipinski definition) is 10. The van der Waals surface area contributed by atoms with E-state index in [9.17, 15) is 38.7 Å². The normalized spacial score (nSPS) is 14.8. The Kier molecular flexibility index (Phi) is 17.2. The molecule has 1 unspecified atom stereocenters. The average Bonchev–Trinajstić information content (AvgIpc) is 3.23. The van der Waals surface area contributed by atoms with Crippen LogP contribution in [0.5, 0.6) is 0 Å². The first-order chi connectivity index (χ1) is 28.6. The number of hydrogen-bond donors (Lipinski definition) is 7. The SMILES string of the molecule is CCCC[C@H](NC(=O)[C@@H](NC(=O)[C@@H](NC(=O)c1cnc2ccccc2n1)[C@@H](C)O)[C@@H](C)CC)C(=O)CC(Cc1ccc2ccccc2c1)C(=O)N[C@@H](CCC(N)=O)C(N)=O. The molecule has 320 valence electrons. The molecule has 16 heteroatoms. The lowest BCUT2D eigenvalue weighted by atomic mass is 9.88. The van der Waals surface area contributed by atoms with Crippen LogP contribution in [0.15, 0.2) is 72.9 Å². The number of nitrogens with two attached hydrogens (primary N) is 2. The molecule has 0 saturated heterocycles. The fourth-order valence-electron chi connectivity index (χ4n) is 6.77. The van der Waals surface area contributed by atoms with Gasteiger partial charge in [0, 0.05) is 18.8 Å². The second-order valence-corrected chi connectivity index (χ2v) is 15.2. The number of ketones is 1. The minimum Gasteiger partial charge on any atom is -0.391 e. The van der Waals surface area contributed by atoms with Crippen molar-refractivity contribution in [3.8, 4) is 0 Å². The van der Waals surface area contributed by atoms with Crippen LogP contribution in [0.1, 0.15) is 88.7 Å². The largest absolute Gasteiger partial charge is 0.391 e. The van der Waals surface area contributed by atoms with Crippen LogP contribution in [-0.4, -0.2) is 86.6 Å². The molecule has 0 saturated carbocycles. The maximum atomic E-state index is 14.2. The molecule has 7 atom stereocenters. The van der Waals surface area contributed by atoms with Crippen LogP contribution in [0, 0.1) is 11.8 Å². The highest BCUT2D eigenvalue weighted by Gasteiger charge is 2.35. The lowest BCUT2D eigenvalue weighted by molar-refractivity contribution is -0.135. The van der Waals surface area contributed by atoms with Gasteiger partial charge in [-0.3, -0.25) is 38.5 Å². The number of unbranched alkanes of at least 4 members (excludes halogenated alkanes) is 1. The highest BCUT2D eigenvalue weighted by atomic mass is 16.3. The second kappa shape index (κ2) is 22.2. The third-order valence-corrected chi connectivity index (χ3v) is 10.5. The van der Waals surface area contributed by atoms with Crippen LogP contribution in [-0.2, 0) is 35.2 Å². The predicted molar refractivity (Wildman–Crippen MR) is 226 cm³/mol. The number of primary amides is 2. The summed E-state index contributed by atoms with van der Waals surface area (Å²) in [5, 5.41) is 23.1. The van der Waals surface area contributed by atoms with Gasteiger partial charge in [0.15, 0.2) is 5.78 Å². The third-order valence-electron chi connectivity index (χ3n) is 10.5. The molecule has 0 radical (unpaired) electrons. The second-order valence-electron chi connectivity index (χ2n) is 15.2. The molecule has 16 nitrogen and oxygen atoms in total. The Bertz CT molecular complexity index is 2180. The number of aliphatic hydroxyl groups is 1. The van der Waals surface area contributed by atoms with Gasteiger partial charge >= 0.3 is 0 Å². The van der Waals surface area contributed by atoms with Crippen molar-refractivity contribution in [3.63, 3.8) is 0 Å². The zero-order chi connectivity index (χ0) is 43.9. The quantitative estimate of drug-likeness (QED) is 0.0575. The van der Waals surface area contributed by atoms with E-state index in [2.05, 4.69) is 31.2 Å². The Morgan fingerprint density at radius 2 is 1.38 bits per heavy atom. The highest BCUT2D eigenvalue weighted by molar-refractivity contribution is 5.99. The molecule has 0 aliphatic rings. The number of carbonyl (C=O) groups excluding carboxylic acids is 7. The third kappa shape index (κ3) is 13.1. The lowest BCUT2D eigenvalue weighted by Gasteiger charge is -2.29. The van der Waals surface area contributed by atoms with Crippen molar-refractivity contribution in [2.75, 3.05) is 0 Å². The number of para-hydroxylation sites is 2. The van der Waals surface area contributed by atoms with E-state index in [1.165, 1.54) is 13.1 Å². The molecule has 0 bridgehead atoms. The summed E-state index contributed by atoms with van der Waals surface area (Å²) in [6.45, 7) is 6.81. The minimum absolute atomic E-state index is 0.0796. The van der Waals surface area contributed by atoms with Gasteiger partial charge in [0.1, 0.15) is 23.8 Å². The fraction of sp³-hybridized carbons (Fsp3) is 0.432. The summed E-state index contributed by atoms with van der Waals surface area (Å²) in [5.74, 6) is -6.38. The van der Waals surface area contributed by atoms with Gasteiger partial charge in [0.05, 0.1) is 29.4 Å². The molecule has 1 aromatic heterocycles. The number of aliphatic hydroxyl groups excluding tert-OH is 1. The molecule has 0 spiro atoms. The molecule has 9 N–H and O–H groups in total. The van der Waals surface area contributed by atoms with Crippen molar-refractivity contribution < 1.29 is 38.7 Å². The van der Waals surface area contributed by atoms with E-state index in [-0.39, 0.29) is 37.8 Å². The Morgan fingerprint density at radius 3 is 2.03 bits per heavy atom. The summed E-state index contributed by atoms with van der Waals surface area (Å²) in [6, 6.07) is 15.3. The zero-order valence-electron chi connectivity index (χ0n) is 34.5. The number of aromatic nitrogens is 2. The standard InChI is InChI=1S/C44H56N8O8/c1-5-7-14-33(36(54)23-30(41(57)50-34(40(46)56)19-20-37(45)55)22-27-17-18-28-12-8-9-13-29(28)21-27)49-43(59)38(25(3)6-2)51-44(60)39(26(4)53)52-42(58)35-24-47-31-15-10-11-16-32(31)48-35/h8-13,15-18,21,24-26,30,33-34,38-39,53H,5-7,14,19-20,22-23H2,1-4H3,(H2,45,55)(H2,46,56)(H,49,59)(H,50,57)(H,51,60)(H,52,58)/t25-,26+,30?,33-,34-,38-,39-/m0/s1. The molecular formula is C44H56N8O8. The van der Waals surface area contributed by atoms with E-state index >= 15 is 0 Å². The van der Waals surface area contributed by atoms with Gasteiger partial charge in [-0.25, -0.2) is 4.98 Å². The molecule has 6 amide bonds. The van der Waals surface area contributed by atoms with E-state index in [0.717, 1.165) is 16.3 Å². The maximum absolute atomic E-state index is 14.2. The molecule has 1 heterocycles. The van der Waals surface area contributed by atoms with Gasteiger partial charge in [0.25, 0.3) is 5.91 Å². The van der Waals surface area contributed by atoms with Crippen molar-refractivity contribution >= 4 is 63.0 Å². The number of carbonyl (C=O) groups is 7. The summed E-state index contributed by atoms with van der Waals surface area (Å²) < 4.78 is 0. The first-order valence-electron chi connectivity index (χ1n) is 20.3. The van der Waals surface area contributed by atoms with Gasteiger partial charge in [0.2, 0.25) is 29.5 Å². The Labute approximate surface area is 349 Å². The number of benzene rings is 3. The monoisotopic (exact) mass is 824 g/mol. The van der Waals surface area contributed by atoms with Crippen LogP contribution in [0.2, 0.25) is 0 Å². The van der Waals surface area contributed by atoms with Gasteiger partial charge in [-0.05, 0) is 60.6 Å². The van der Waals surface area contributed by atoms with Crippen LogP contribution >= 0.6 is 0 Å². The van der Waals surface area contributed by atoms with Crippen molar-refractivity contribution in [2.24, 2.45) is 23.3 Å². The Morgan fingerprint density at radius 1 is 0.733 bits per heavy atom. The summed E-state index contributed by atoms with van der Waals surface area (Å²) in [4.78, 5) is 101. The fourth-order valence-corrected chi connectivity index (χ4v) is 6.77. The maximum Gasteiger partial charge on any atom is 0.272 e. The zero-order valence-corrected chi connectivity index (χ0v) is 34.5. The molecule has 0 fully saturated rings. The van der Waals surface area contributed by atoms with E-state index in [1.807, 2.05) is 56.3 Å². The van der Waals surface area contributed by atoms with Crippen molar-refractivity contribution in [3.05, 3.63) is 84.2 Å². The predicted octanol–water partition coefficient (Wildman–Crippen LogP) is 2.52. The van der Waals surface area contributed by atoms with Crippen molar-refractivity contribution in [1.82, 2.24) is 31.2 Å². The molecule has 4 rings (SSSR count). The van der Waals surface area contributed by atoms with Crippen LogP contribution < -0.4 is 32.7 Å². The van der Waals surface area contributed by atoms with Gasteiger partial charge in [-0.2, -0.15) is 0 Å². The van der Waals surface area contributed by atoms with Gasteiger partial charge in [-0.1, -0.05) is 94.6 Å². The van der Waals surface area contributed by atoms with E-state index in [0.29, 0.717) is 30.3 Å². The highest BCUT2D eigenvalue weighted by Crippen LogP contribution is 2.22. The van der Waals surface area contributed by atoms with Crippen LogP contribution in [0.25, 0.3) is 21.8 Å².